The van der Waals surface area contributed by atoms with Crippen LogP contribution in [0.15, 0.2) is 24.3 Å². The second kappa shape index (κ2) is 4.69. The molecule has 2 rings (SSSR count). The largest absolute Gasteiger partial charge is 0.494 e. The van der Waals surface area contributed by atoms with E-state index in [4.69, 9.17) is 4.74 Å². The van der Waals surface area contributed by atoms with Crippen molar-refractivity contribution < 1.29 is 4.74 Å². The second-order valence-corrected chi connectivity index (χ2v) is 5.57. The highest BCUT2D eigenvalue weighted by atomic mass is 16.5. The molecule has 0 aromatic heterocycles. The molecule has 0 heterocycles. The quantitative estimate of drug-likeness (QED) is 0.841. The van der Waals surface area contributed by atoms with Gasteiger partial charge in [-0.25, -0.2) is 0 Å². The van der Waals surface area contributed by atoms with Crippen LogP contribution >= 0.6 is 0 Å². The lowest BCUT2D eigenvalue weighted by atomic mass is 9.97. The minimum absolute atomic E-state index is 0.449. The van der Waals surface area contributed by atoms with Gasteiger partial charge in [0.2, 0.25) is 0 Å². The van der Waals surface area contributed by atoms with E-state index in [1.807, 2.05) is 20.0 Å². The molecule has 1 N–H and O–H groups in total. The first-order valence-corrected chi connectivity index (χ1v) is 6.48. The van der Waals surface area contributed by atoms with E-state index in [0.29, 0.717) is 11.5 Å². The van der Waals surface area contributed by atoms with Crippen LogP contribution < -0.4 is 10.1 Å². The molecule has 2 atom stereocenters. The molecule has 0 saturated heterocycles. The maximum absolute atomic E-state index is 5.57. The van der Waals surface area contributed by atoms with Crippen LogP contribution in [0.25, 0.3) is 0 Å². The highest BCUT2D eigenvalue weighted by Gasteiger charge is 2.50. The zero-order valence-electron chi connectivity index (χ0n) is 11.3. The Balaban J connectivity index is 2.17. The summed E-state index contributed by atoms with van der Waals surface area (Å²) >= 11 is 0. The molecule has 2 unspecified atom stereocenters. The van der Waals surface area contributed by atoms with Crippen molar-refractivity contribution in [3.8, 4) is 5.75 Å². The van der Waals surface area contributed by atoms with Gasteiger partial charge >= 0.3 is 0 Å². The van der Waals surface area contributed by atoms with Gasteiger partial charge in [-0.3, -0.25) is 0 Å². The van der Waals surface area contributed by atoms with Gasteiger partial charge in [0.15, 0.2) is 0 Å². The summed E-state index contributed by atoms with van der Waals surface area (Å²) in [5, 5.41) is 3.45. The first kappa shape index (κ1) is 12.4. The van der Waals surface area contributed by atoms with Crippen LogP contribution in [-0.2, 0) is 0 Å². The summed E-state index contributed by atoms with van der Waals surface area (Å²) in [6.07, 6.45) is 1.30. The van der Waals surface area contributed by atoms with E-state index < -0.39 is 0 Å². The Morgan fingerprint density at radius 3 is 2.71 bits per heavy atom. The number of ether oxygens (including phenoxy) is 1. The molecule has 0 amide bonds. The minimum atomic E-state index is 0.449. The van der Waals surface area contributed by atoms with Crippen LogP contribution in [0.5, 0.6) is 5.75 Å². The van der Waals surface area contributed by atoms with E-state index in [-0.39, 0.29) is 0 Å². The first-order valence-electron chi connectivity index (χ1n) is 6.48. The summed E-state index contributed by atoms with van der Waals surface area (Å²) in [6, 6.07) is 8.92. The number of rotatable bonds is 5. The average molecular weight is 233 g/mol. The predicted molar refractivity (Wildman–Crippen MR) is 71.3 cm³/mol. The smallest absolute Gasteiger partial charge is 0.119 e. The van der Waals surface area contributed by atoms with Gasteiger partial charge < -0.3 is 10.1 Å². The molecular formula is C15H23NO. The summed E-state index contributed by atoms with van der Waals surface area (Å²) in [5.74, 6) is 1.72. The Morgan fingerprint density at radius 2 is 2.18 bits per heavy atom. The highest BCUT2D eigenvalue weighted by Crippen LogP contribution is 2.57. The maximum Gasteiger partial charge on any atom is 0.119 e. The molecule has 0 bridgehead atoms. The monoisotopic (exact) mass is 233 g/mol. The highest BCUT2D eigenvalue weighted by molar-refractivity contribution is 5.32. The van der Waals surface area contributed by atoms with E-state index in [0.717, 1.165) is 18.3 Å². The Labute approximate surface area is 104 Å². The van der Waals surface area contributed by atoms with E-state index in [1.54, 1.807) is 0 Å². The van der Waals surface area contributed by atoms with Crippen molar-refractivity contribution >= 4 is 0 Å². The molecule has 0 aliphatic heterocycles. The van der Waals surface area contributed by atoms with E-state index in [1.165, 1.54) is 12.0 Å². The van der Waals surface area contributed by atoms with Crippen molar-refractivity contribution in [1.29, 1.82) is 0 Å². The van der Waals surface area contributed by atoms with Gasteiger partial charge in [0.05, 0.1) is 6.61 Å². The molecule has 2 nitrogen and oxygen atoms in total. The SMILES string of the molecule is CCOc1cccc(C(NC)C2CC2(C)C)c1. The van der Waals surface area contributed by atoms with Crippen LogP contribution in [-0.4, -0.2) is 13.7 Å². The van der Waals surface area contributed by atoms with Crippen LogP contribution in [0.3, 0.4) is 0 Å². The standard InChI is InChI=1S/C15H23NO/c1-5-17-12-8-6-7-11(9-12)14(16-4)13-10-15(13,2)3/h6-9,13-14,16H,5,10H2,1-4H3. The third kappa shape index (κ3) is 2.63. The Morgan fingerprint density at radius 1 is 1.47 bits per heavy atom. The molecular weight excluding hydrogens is 210 g/mol. The summed E-state index contributed by atoms with van der Waals surface area (Å²) in [5.41, 5.74) is 1.82. The van der Waals surface area contributed by atoms with Crippen molar-refractivity contribution in [2.45, 2.75) is 33.2 Å². The zero-order valence-corrected chi connectivity index (χ0v) is 11.3. The number of nitrogens with one attached hydrogen (secondary N) is 1. The van der Waals surface area contributed by atoms with Crippen LogP contribution in [0.2, 0.25) is 0 Å². The molecule has 1 aliphatic carbocycles. The molecule has 0 spiro atoms. The fourth-order valence-electron chi connectivity index (χ4n) is 2.64. The van der Waals surface area contributed by atoms with Crippen LogP contribution in [0.1, 0.15) is 38.8 Å². The van der Waals surface area contributed by atoms with Crippen LogP contribution in [0, 0.1) is 11.3 Å². The fourth-order valence-corrected chi connectivity index (χ4v) is 2.64. The topological polar surface area (TPSA) is 21.3 Å². The molecule has 17 heavy (non-hydrogen) atoms. The molecule has 1 aliphatic rings. The Bertz CT molecular complexity index is 386. The molecule has 0 radical (unpaired) electrons. The lowest BCUT2D eigenvalue weighted by molar-refractivity contribution is 0.338. The third-order valence-electron chi connectivity index (χ3n) is 3.83. The van der Waals surface area contributed by atoms with Gasteiger partial charge in [0.1, 0.15) is 5.75 Å². The first-order chi connectivity index (χ1) is 8.08. The fraction of sp³-hybridized carbons (Fsp3) is 0.600. The van der Waals surface area contributed by atoms with Crippen molar-refractivity contribution in [2.24, 2.45) is 11.3 Å². The van der Waals surface area contributed by atoms with E-state index >= 15 is 0 Å². The maximum atomic E-state index is 5.57. The summed E-state index contributed by atoms with van der Waals surface area (Å²) < 4.78 is 5.57. The van der Waals surface area contributed by atoms with Crippen molar-refractivity contribution in [3.05, 3.63) is 29.8 Å². The number of hydrogen-bond acceptors (Lipinski definition) is 2. The van der Waals surface area contributed by atoms with Crippen molar-refractivity contribution in [2.75, 3.05) is 13.7 Å². The number of hydrogen-bond donors (Lipinski definition) is 1. The lowest BCUT2D eigenvalue weighted by Gasteiger charge is -2.19. The van der Waals surface area contributed by atoms with E-state index in [9.17, 15) is 0 Å². The summed E-state index contributed by atoms with van der Waals surface area (Å²) in [4.78, 5) is 0. The average Bonchev–Trinajstić information content (AvgIpc) is 2.90. The van der Waals surface area contributed by atoms with Gasteiger partial charge in [0, 0.05) is 6.04 Å². The molecule has 1 saturated carbocycles. The summed E-state index contributed by atoms with van der Waals surface area (Å²) in [6.45, 7) is 7.43. The normalized spacial score (nSPS) is 23.2. The van der Waals surface area contributed by atoms with Gasteiger partial charge in [-0.15, -0.1) is 0 Å². The Kier molecular flexibility index (Phi) is 3.43. The number of benzene rings is 1. The predicted octanol–water partition coefficient (Wildman–Crippen LogP) is 3.39. The van der Waals surface area contributed by atoms with Crippen molar-refractivity contribution in [3.63, 3.8) is 0 Å². The minimum Gasteiger partial charge on any atom is -0.494 e. The van der Waals surface area contributed by atoms with Gasteiger partial charge in [-0.1, -0.05) is 26.0 Å². The zero-order chi connectivity index (χ0) is 12.5. The second-order valence-electron chi connectivity index (χ2n) is 5.57. The molecule has 1 aromatic carbocycles. The van der Waals surface area contributed by atoms with E-state index in [2.05, 4.69) is 37.4 Å². The van der Waals surface area contributed by atoms with Gasteiger partial charge in [-0.05, 0) is 49.4 Å². The van der Waals surface area contributed by atoms with Gasteiger partial charge in [-0.2, -0.15) is 0 Å². The third-order valence-corrected chi connectivity index (χ3v) is 3.83. The molecule has 94 valence electrons. The summed E-state index contributed by atoms with van der Waals surface area (Å²) in [7, 11) is 2.05. The molecule has 2 heteroatoms. The molecule has 1 fully saturated rings. The van der Waals surface area contributed by atoms with Gasteiger partial charge in [0.25, 0.3) is 0 Å². The van der Waals surface area contributed by atoms with Crippen molar-refractivity contribution in [1.82, 2.24) is 5.32 Å². The molecule has 1 aromatic rings. The lowest BCUT2D eigenvalue weighted by Crippen LogP contribution is -2.20. The Hall–Kier alpha value is -1.02. The van der Waals surface area contributed by atoms with Crippen LogP contribution in [0.4, 0.5) is 0 Å².